The average molecular weight is 302 g/mol. The van der Waals surface area contributed by atoms with Gasteiger partial charge in [-0.3, -0.25) is 0 Å². The predicted molar refractivity (Wildman–Crippen MR) is 86.9 cm³/mol. The SMILES string of the molecule is COc1ccc(C(N)Cc2nc3c(s2)CC(C)CC3)cc1. The van der Waals surface area contributed by atoms with Gasteiger partial charge >= 0.3 is 0 Å². The van der Waals surface area contributed by atoms with Crippen LogP contribution in [0.5, 0.6) is 5.75 Å². The van der Waals surface area contributed by atoms with Gasteiger partial charge in [0.15, 0.2) is 0 Å². The Hall–Kier alpha value is -1.39. The van der Waals surface area contributed by atoms with Crippen LogP contribution in [-0.4, -0.2) is 12.1 Å². The van der Waals surface area contributed by atoms with E-state index in [0.29, 0.717) is 0 Å². The first-order chi connectivity index (χ1) is 10.2. The molecule has 0 bridgehead atoms. The standard InChI is InChI=1S/C17H22N2OS/c1-11-3-8-15-16(9-11)21-17(19-15)10-14(18)12-4-6-13(20-2)7-5-12/h4-7,11,14H,3,8-10,18H2,1-2H3. The van der Waals surface area contributed by atoms with E-state index in [1.807, 2.05) is 35.6 Å². The van der Waals surface area contributed by atoms with Crippen LogP contribution >= 0.6 is 11.3 Å². The van der Waals surface area contributed by atoms with Crippen molar-refractivity contribution in [1.82, 2.24) is 4.98 Å². The molecule has 0 fully saturated rings. The molecule has 1 heterocycles. The second-order valence-electron chi connectivity index (χ2n) is 5.91. The smallest absolute Gasteiger partial charge is 0.118 e. The Balaban J connectivity index is 1.70. The van der Waals surface area contributed by atoms with E-state index in [0.717, 1.165) is 30.1 Å². The highest BCUT2D eigenvalue weighted by Crippen LogP contribution is 2.31. The number of aryl methyl sites for hydroxylation is 1. The fourth-order valence-corrected chi connectivity index (χ4v) is 4.17. The van der Waals surface area contributed by atoms with Crippen LogP contribution in [0.15, 0.2) is 24.3 Å². The van der Waals surface area contributed by atoms with Crippen molar-refractivity contribution < 1.29 is 4.74 Å². The molecular formula is C17H22N2OS. The minimum absolute atomic E-state index is 0.000864. The number of nitrogens with two attached hydrogens (primary N) is 1. The van der Waals surface area contributed by atoms with Crippen LogP contribution in [0.25, 0.3) is 0 Å². The summed E-state index contributed by atoms with van der Waals surface area (Å²) in [5.41, 5.74) is 8.78. The lowest BCUT2D eigenvalue weighted by Gasteiger charge is -2.15. The number of methoxy groups -OCH3 is 1. The van der Waals surface area contributed by atoms with E-state index in [-0.39, 0.29) is 6.04 Å². The molecule has 0 saturated carbocycles. The lowest BCUT2D eigenvalue weighted by molar-refractivity contribution is 0.414. The van der Waals surface area contributed by atoms with E-state index in [9.17, 15) is 0 Å². The predicted octanol–water partition coefficient (Wildman–Crippen LogP) is 3.52. The van der Waals surface area contributed by atoms with Crippen molar-refractivity contribution in [3.05, 3.63) is 45.4 Å². The van der Waals surface area contributed by atoms with Gasteiger partial charge in [-0.15, -0.1) is 11.3 Å². The third-order valence-electron chi connectivity index (χ3n) is 4.17. The lowest BCUT2D eigenvalue weighted by atomic mass is 9.93. The van der Waals surface area contributed by atoms with E-state index in [4.69, 9.17) is 15.5 Å². The summed E-state index contributed by atoms with van der Waals surface area (Å²) in [5, 5.41) is 1.18. The first kappa shape index (κ1) is 14.5. The summed E-state index contributed by atoms with van der Waals surface area (Å²) in [5.74, 6) is 1.66. The fraction of sp³-hybridized carbons (Fsp3) is 0.471. The van der Waals surface area contributed by atoms with Crippen LogP contribution in [0.4, 0.5) is 0 Å². The Labute approximate surface area is 130 Å². The number of thiazole rings is 1. The molecule has 2 aromatic rings. The maximum atomic E-state index is 6.33. The number of fused-ring (bicyclic) bond motifs is 1. The first-order valence-corrected chi connectivity index (χ1v) is 8.34. The minimum atomic E-state index is 0.000864. The zero-order chi connectivity index (χ0) is 14.8. The largest absolute Gasteiger partial charge is 0.497 e. The van der Waals surface area contributed by atoms with Gasteiger partial charge in [-0.2, -0.15) is 0 Å². The van der Waals surface area contributed by atoms with Crippen LogP contribution in [-0.2, 0) is 19.3 Å². The molecule has 1 aliphatic carbocycles. The van der Waals surface area contributed by atoms with E-state index in [2.05, 4.69) is 6.92 Å². The minimum Gasteiger partial charge on any atom is -0.497 e. The van der Waals surface area contributed by atoms with Crippen molar-refractivity contribution in [3.8, 4) is 5.75 Å². The molecule has 3 nitrogen and oxygen atoms in total. The molecular weight excluding hydrogens is 280 g/mol. The van der Waals surface area contributed by atoms with Crippen molar-refractivity contribution in [2.24, 2.45) is 11.7 Å². The molecule has 0 amide bonds. The van der Waals surface area contributed by atoms with Gasteiger partial charge in [0.2, 0.25) is 0 Å². The molecule has 2 N–H and O–H groups in total. The number of ether oxygens (including phenoxy) is 1. The molecule has 0 radical (unpaired) electrons. The molecule has 1 aromatic carbocycles. The van der Waals surface area contributed by atoms with Gasteiger partial charge in [0, 0.05) is 17.3 Å². The van der Waals surface area contributed by atoms with Crippen molar-refractivity contribution in [2.75, 3.05) is 7.11 Å². The first-order valence-electron chi connectivity index (χ1n) is 7.52. The Kier molecular flexibility index (Phi) is 4.27. The number of benzene rings is 1. The third-order valence-corrected chi connectivity index (χ3v) is 5.31. The molecule has 112 valence electrons. The highest BCUT2D eigenvalue weighted by atomic mass is 32.1. The van der Waals surface area contributed by atoms with E-state index in [1.165, 1.54) is 28.4 Å². The Morgan fingerprint density at radius 1 is 1.38 bits per heavy atom. The fourth-order valence-electron chi connectivity index (χ4n) is 2.84. The third kappa shape index (κ3) is 3.27. The van der Waals surface area contributed by atoms with Gasteiger partial charge in [0.25, 0.3) is 0 Å². The number of rotatable bonds is 4. The summed E-state index contributed by atoms with van der Waals surface area (Å²) < 4.78 is 5.18. The molecule has 1 aromatic heterocycles. The Morgan fingerprint density at radius 2 is 2.14 bits per heavy atom. The number of aromatic nitrogens is 1. The lowest BCUT2D eigenvalue weighted by Crippen LogP contribution is -2.13. The second kappa shape index (κ2) is 6.16. The van der Waals surface area contributed by atoms with Gasteiger partial charge in [-0.05, 0) is 42.9 Å². The van der Waals surface area contributed by atoms with Gasteiger partial charge in [0.05, 0.1) is 17.8 Å². The summed E-state index contributed by atoms with van der Waals surface area (Å²) in [6, 6.07) is 8.01. The van der Waals surface area contributed by atoms with E-state index in [1.54, 1.807) is 7.11 Å². The molecule has 2 atom stereocenters. The summed E-state index contributed by atoms with van der Waals surface area (Å²) in [7, 11) is 1.68. The highest BCUT2D eigenvalue weighted by Gasteiger charge is 2.20. The maximum absolute atomic E-state index is 6.33. The Bertz CT molecular complexity index is 606. The molecule has 1 aliphatic rings. The molecule has 4 heteroatoms. The number of nitrogens with zero attached hydrogens (tertiary/aromatic N) is 1. The number of hydrogen-bond acceptors (Lipinski definition) is 4. The maximum Gasteiger partial charge on any atom is 0.118 e. The highest BCUT2D eigenvalue weighted by molar-refractivity contribution is 7.11. The molecule has 21 heavy (non-hydrogen) atoms. The van der Waals surface area contributed by atoms with Crippen LogP contribution in [0.3, 0.4) is 0 Å². The number of hydrogen-bond donors (Lipinski definition) is 1. The normalized spacial score (nSPS) is 19.1. The monoisotopic (exact) mass is 302 g/mol. The molecule has 3 rings (SSSR count). The van der Waals surface area contributed by atoms with Crippen LogP contribution in [0.2, 0.25) is 0 Å². The summed E-state index contributed by atoms with van der Waals surface area (Å²) in [6.07, 6.45) is 4.40. The summed E-state index contributed by atoms with van der Waals surface area (Å²) in [6.45, 7) is 2.32. The zero-order valence-corrected chi connectivity index (χ0v) is 13.5. The molecule has 0 spiro atoms. The Morgan fingerprint density at radius 3 is 2.86 bits per heavy atom. The second-order valence-corrected chi connectivity index (χ2v) is 7.08. The van der Waals surface area contributed by atoms with E-state index < -0.39 is 0 Å². The van der Waals surface area contributed by atoms with Crippen LogP contribution < -0.4 is 10.5 Å². The molecule has 0 aliphatic heterocycles. The summed E-state index contributed by atoms with van der Waals surface area (Å²) in [4.78, 5) is 6.28. The molecule has 2 unspecified atom stereocenters. The van der Waals surface area contributed by atoms with Crippen molar-refractivity contribution >= 4 is 11.3 Å². The average Bonchev–Trinajstić information content (AvgIpc) is 2.88. The molecule has 0 saturated heterocycles. The van der Waals surface area contributed by atoms with Gasteiger partial charge in [-0.25, -0.2) is 4.98 Å². The topological polar surface area (TPSA) is 48.1 Å². The summed E-state index contributed by atoms with van der Waals surface area (Å²) >= 11 is 1.85. The van der Waals surface area contributed by atoms with E-state index >= 15 is 0 Å². The van der Waals surface area contributed by atoms with Gasteiger partial charge in [-0.1, -0.05) is 19.1 Å². The van der Waals surface area contributed by atoms with Crippen molar-refractivity contribution in [1.29, 1.82) is 0 Å². The van der Waals surface area contributed by atoms with Crippen LogP contribution in [0.1, 0.15) is 40.5 Å². The van der Waals surface area contributed by atoms with Crippen molar-refractivity contribution in [3.63, 3.8) is 0 Å². The quantitative estimate of drug-likeness (QED) is 0.940. The van der Waals surface area contributed by atoms with Gasteiger partial charge in [0.1, 0.15) is 5.75 Å². The zero-order valence-electron chi connectivity index (χ0n) is 12.6. The van der Waals surface area contributed by atoms with Gasteiger partial charge < -0.3 is 10.5 Å². The van der Waals surface area contributed by atoms with Crippen LogP contribution in [0, 0.1) is 5.92 Å². The van der Waals surface area contributed by atoms with Crippen molar-refractivity contribution in [2.45, 2.75) is 38.6 Å².